The highest BCUT2D eigenvalue weighted by Gasteiger charge is 2.33. The molecule has 1 unspecified atom stereocenters. The molecule has 0 fully saturated rings. The molecular formula is C20H17ClN8O2S. The third-order valence-corrected chi connectivity index (χ3v) is 5.73. The second kappa shape index (κ2) is 8.44. The Hall–Kier alpha value is -3.70. The number of aromatic nitrogens is 3. The van der Waals surface area contributed by atoms with E-state index < -0.39 is 6.04 Å². The summed E-state index contributed by atoms with van der Waals surface area (Å²) in [5.41, 5.74) is 4.53. The van der Waals surface area contributed by atoms with E-state index in [4.69, 9.17) is 21.0 Å². The van der Waals surface area contributed by atoms with Crippen LogP contribution in [0.4, 0.5) is 11.1 Å². The van der Waals surface area contributed by atoms with Gasteiger partial charge in [-0.1, -0.05) is 41.1 Å². The van der Waals surface area contributed by atoms with Gasteiger partial charge in [-0.3, -0.25) is 15.4 Å². The number of allylic oxidation sites excluding steroid dienone is 3. The van der Waals surface area contributed by atoms with Crippen LogP contribution in [0.1, 0.15) is 6.92 Å². The van der Waals surface area contributed by atoms with Crippen molar-refractivity contribution in [3.63, 3.8) is 0 Å². The summed E-state index contributed by atoms with van der Waals surface area (Å²) in [6.45, 7) is 2.36. The molecule has 2 aliphatic heterocycles. The fourth-order valence-corrected chi connectivity index (χ4v) is 4.09. The number of nitrogens with one attached hydrogen (secondary N) is 4. The second-order valence-electron chi connectivity index (χ2n) is 6.90. The first-order valence-corrected chi connectivity index (χ1v) is 10.9. The van der Waals surface area contributed by atoms with Crippen LogP contribution in [0.2, 0.25) is 0 Å². The minimum atomic E-state index is -0.687. The zero-order chi connectivity index (χ0) is 22.1. The SMILES string of the molecule is CC1=C(C(=O)Nc2nncs2)C(C2=C(Cl)C=CCN2)N=C(Nc2nc3ccccc3o2)N1. The van der Waals surface area contributed by atoms with E-state index in [2.05, 4.69) is 36.4 Å². The second-order valence-corrected chi connectivity index (χ2v) is 8.14. The highest BCUT2D eigenvalue weighted by Crippen LogP contribution is 2.28. The molecule has 4 heterocycles. The molecule has 0 aliphatic carbocycles. The van der Waals surface area contributed by atoms with Crippen LogP contribution in [0, 0.1) is 0 Å². The number of para-hydroxylation sites is 2. The van der Waals surface area contributed by atoms with Crippen molar-refractivity contribution in [1.29, 1.82) is 0 Å². The highest BCUT2D eigenvalue weighted by atomic mass is 35.5. The maximum atomic E-state index is 13.1. The number of hydrogen-bond acceptors (Lipinski definition) is 10. The number of nitrogens with zero attached hydrogens (tertiary/aromatic N) is 4. The Morgan fingerprint density at radius 2 is 2.22 bits per heavy atom. The van der Waals surface area contributed by atoms with E-state index in [0.29, 0.717) is 45.2 Å². The number of carbonyl (C=O) groups excluding carboxylic acids is 1. The topological polar surface area (TPSA) is 129 Å². The van der Waals surface area contributed by atoms with Gasteiger partial charge in [-0.05, 0) is 25.1 Å². The van der Waals surface area contributed by atoms with Crippen molar-refractivity contribution in [1.82, 2.24) is 25.8 Å². The summed E-state index contributed by atoms with van der Waals surface area (Å²) in [6, 6.07) is 7.03. The predicted molar refractivity (Wildman–Crippen MR) is 123 cm³/mol. The lowest BCUT2D eigenvalue weighted by atomic mass is 9.98. The van der Waals surface area contributed by atoms with Crippen molar-refractivity contribution >= 4 is 57.1 Å². The number of dihydropyridines is 1. The van der Waals surface area contributed by atoms with E-state index >= 15 is 0 Å². The number of halogens is 1. The van der Waals surface area contributed by atoms with Crippen LogP contribution in [-0.4, -0.2) is 39.6 Å². The molecule has 0 saturated heterocycles. The first kappa shape index (κ1) is 20.2. The number of anilines is 2. The summed E-state index contributed by atoms with van der Waals surface area (Å²) in [4.78, 5) is 22.2. The zero-order valence-corrected chi connectivity index (χ0v) is 18.3. The van der Waals surface area contributed by atoms with Gasteiger partial charge in [0.2, 0.25) is 11.1 Å². The lowest BCUT2D eigenvalue weighted by Gasteiger charge is -2.29. The number of amides is 1. The largest absolute Gasteiger partial charge is 0.423 e. The van der Waals surface area contributed by atoms with Crippen LogP contribution < -0.4 is 21.3 Å². The molecule has 2 aliphatic rings. The molecule has 10 nitrogen and oxygen atoms in total. The van der Waals surface area contributed by atoms with Gasteiger partial charge in [-0.2, -0.15) is 4.98 Å². The summed E-state index contributed by atoms with van der Waals surface area (Å²) in [6.07, 6.45) is 3.68. The molecule has 5 rings (SSSR count). The van der Waals surface area contributed by atoms with Gasteiger partial charge >= 0.3 is 6.01 Å². The van der Waals surface area contributed by atoms with E-state index in [1.807, 2.05) is 30.3 Å². The first-order valence-electron chi connectivity index (χ1n) is 9.64. The van der Waals surface area contributed by atoms with Crippen LogP contribution in [0.3, 0.4) is 0 Å². The number of guanidine groups is 1. The van der Waals surface area contributed by atoms with E-state index in [-0.39, 0.29) is 11.9 Å². The van der Waals surface area contributed by atoms with Crippen LogP contribution in [0.15, 0.2) is 73.3 Å². The number of oxazole rings is 1. The summed E-state index contributed by atoms with van der Waals surface area (Å²) in [5, 5.41) is 20.7. The maximum absolute atomic E-state index is 13.1. The monoisotopic (exact) mass is 468 g/mol. The lowest BCUT2D eigenvalue weighted by molar-refractivity contribution is -0.113. The number of aliphatic imine (C=N–C) groups is 1. The summed E-state index contributed by atoms with van der Waals surface area (Å²) >= 11 is 7.68. The average Bonchev–Trinajstić information content (AvgIpc) is 3.42. The minimum absolute atomic E-state index is 0.280. The molecule has 2 aromatic heterocycles. The van der Waals surface area contributed by atoms with Crippen molar-refractivity contribution in [2.24, 2.45) is 4.99 Å². The molecule has 3 aromatic rings. The van der Waals surface area contributed by atoms with Crippen molar-refractivity contribution in [2.45, 2.75) is 13.0 Å². The van der Waals surface area contributed by atoms with Gasteiger partial charge in [0.25, 0.3) is 5.91 Å². The average molecular weight is 469 g/mol. The summed E-state index contributed by atoms with van der Waals surface area (Å²) in [7, 11) is 0. The van der Waals surface area contributed by atoms with Gasteiger partial charge in [0.15, 0.2) is 5.58 Å². The summed E-state index contributed by atoms with van der Waals surface area (Å²) in [5.74, 6) is 0.0228. The van der Waals surface area contributed by atoms with Gasteiger partial charge < -0.3 is 15.1 Å². The number of carbonyl (C=O) groups is 1. The molecule has 1 amide bonds. The Balaban J connectivity index is 1.49. The molecule has 0 saturated carbocycles. The van der Waals surface area contributed by atoms with Gasteiger partial charge in [0.1, 0.15) is 17.1 Å². The Bertz CT molecular complexity index is 1280. The molecule has 0 spiro atoms. The van der Waals surface area contributed by atoms with Crippen LogP contribution in [0.5, 0.6) is 0 Å². The molecule has 4 N–H and O–H groups in total. The van der Waals surface area contributed by atoms with E-state index in [1.165, 1.54) is 11.3 Å². The molecule has 0 radical (unpaired) electrons. The molecule has 32 heavy (non-hydrogen) atoms. The van der Waals surface area contributed by atoms with Gasteiger partial charge in [0.05, 0.1) is 16.3 Å². The minimum Gasteiger partial charge on any atom is -0.423 e. The number of benzene rings is 1. The first-order chi connectivity index (χ1) is 15.6. The smallest absolute Gasteiger partial charge is 0.302 e. The Morgan fingerprint density at radius 1 is 1.34 bits per heavy atom. The van der Waals surface area contributed by atoms with Crippen molar-refractivity contribution in [3.8, 4) is 0 Å². The summed E-state index contributed by atoms with van der Waals surface area (Å²) < 4.78 is 5.74. The fourth-order valence-electron chi connectivity index (χ4n) is 3.39. The molecule has 0 bridgehead atoms. The van der Waals surface area contributed by atoms with Crippen LogP contribution in [0.25, 0.3) is 11.1 Å². The maximum Gasteiger partial charge on any atom is 0.302 e. The lowest BCUT2D eigenvalue weighted by Crippen LogP contribution is -2.43. The predicted octanol–water partition coefficient (Wildman–Crippen LogP) is 2.94. The van der Waals surface area contributed by atoms with Crippen LogP contribution >= 0.6 is 22.9 Å². The van der Waals surface area contributed by atoms with Crippen molar-refractivity contribution in [2.75, 3.05) is 17.2 Å². The Kier molecular flexibility index (Phi) is 5.33. The van der Waals surface area contributed by atoms with E-state index in [1.54, 1.807) is 18.5 Å². The molecule has 1 atom stereocenters. The number of rotatable bonds is 4. The fraction of sp³-hybridized carbons (Fsp3) is 0.150. The van der Waals surface area contributed by atoms with Crippen LogP contribution in [-0.2, 0) is 4.79 Å². The number of hydrogen-bond donors (Lipinski definition) is 4. The standard InChI is InChI=1S/C20H17ClN8O2S/c1-10-14(17(30)27-20-29-23-9-32-20)16(15-11(21)5-4-8-22-15)26-18(24-10)28-19-25-12-6-2-3-7-13(12)31-19/h2-7,9,16,22H,8H2,1H3,(H,27,29,30)(H2,24,25,26,28). The molecule has 12 heteroatoms. The highest BCUT2D eigenvalue weighted by molar-refractivity contribution is 7.13. The van der Waals surface area contributed by atoms with E-state index in [0.717, 1.165) is 5.52 Å². The molecular weight excluding hydrogens is 452 g/mol. The van der Waals surface area contributed by atoms with Gasteiger partial charge in [-0.15, -0.1) is 10.2 Å². The number of fused-ring (bicyclic) bond motifs is 1. The normalized spacial score (nSPS) is 18.3. The van der Waals surface area contributed by atoms with E-state index in [9.17, 15) is 4.79 Å². The van der Waals surface area contributed by atoms with Gasteiger partial charge in [0, 0.05) is 12.2 Å². The van der Waals surface area contributed by atoms with Gasteiger partial charge in [-0.25, -0.2) is 4.99 Å². The third kappa shape index (κ3) is 3.95. The third-order valence-electron chi connectivity index (χ3n) is 4.79. The zero-order valence-electron chi connectivity index (χ0n) is 16.7. The Labute approximate surface area is 191 Å². The van der Waals surface area contributed by atoms with Crippen molar-refractivity contribution < 1.29 is 9.21 Å². The molecule has 162 valence electrons. The Morgan fingerprint density at radius 3 is 3.00 bits per heavy atom. The van der Waals surface area contributed by atoms with Crippen molar-refractivity contribution in [3.05, 3.63) is 63.9 Å². The molecule has 1 aromatic carbocycles. The quantitative estimate of drug-likeness (QED) is 0.460.